The number of aryl methyl sites for hydroxylation is 1. The smallest absolute Gasteiger partial charge is 0.406 e. The van der Waals surface area contributed by atoms with Gasteiger partial charge in [-0.05, 0) is 66.6 Å². The average molecular weight is 635 g/mol. The van der Waals surface area contributed by atoms with E-state index >= 15 is 0 Å². The second-order valence-electron chi connectivity index (χ2n) is 10.9. The molecule has 0 saturated carbocycles. The number of nitrogens with one attached hydrogen (secondary N) is 1. The van der Waals surface area contributed by atoms with E-state index in [1.807, 2.05) is 53.3 Å². The minimum atomic E-state index is -4.75. The molecule has 0 aliphatic heterocycles. The summed E-state index contributed by atoms with van der Waals surface area (Å²) in [6.07, 6.45) is -2.52. The lowest BCUT2D eigenvalue weighted by Crippen LogP contribution is -2.26. The molecule has 5 aromatic rings. The maximum Gasteiger partial charge on any atom is 0.573 e. The molecular weight excluding hydrogens is 601 g/mol. The van der Waals surface area contributed by atoms with Crippen molar-refractivity contribution in [1.82, 2.24) is 24.6 Å². The molecule has 8 nitrogen and oxygen atoms in total. The Bertz CT molecular complexity index is 1820. The monoisotopic (exact) mass is 634 g/mol. The van der Waals surface area contributed by atoms with Crippen LogP contribution in [0.15, 0.2) is 89.5 Å². The summed E-state index contributed by atoms with van der Waals surface area (Å²) in [5, 5.41) is 9.39. The van der Waals surface area contributed by atoms with Crippen LogP contribution in [0, 0.1) is 6.92 Å². The van der Waals surface area contributed by atoms with Gasteiger partial charge in [0.05, 0.1) is 11.4 Å². The molecule has 1 N–H and O–H groups in total. The number of halogens is 3. The second-order valence-corrected chi connectivity index (χ2v) is 11.8. The number of urea groups is 1. The van der Waals surface area contributed by atoms with Gasteiger partial charge in [-0.15, -0.1) is 29.6 Å². The van der Waals surface area contributed by atoms with Crippen LogP contribution >= 0.6 is 11.3 Å². The lowest BCUT2D eigenvalue weighted by Gasteiger charge is -2.15. The number of carbonyl (C=O) groups excluding carboxylic acids is 1. The van der Waals surface area contributed by atoms with E-state index in [-0.39, 0.29) is 17.7 Å². The molecule has 0 fully saturated rings. The summed E-state index contributed by atoms with van der Waals surface area (Å²) in [6.45, 7) is 8.87. The van der Waals surface area contributed by atoms with Crippen molar-refractivity contribution in [3.05, 3.63) is 106 Å². The summed E-state index contributed by atoms with van der Waals surface area (Å²) in [4.78, 5) is 22.1. The molecule has 2 aromatic heterocycles. The van der Waals surface area contributed by atoms with E-state index in [1.54, 1.807) is 0 Å². The third kappa shape index (κ3) is 7.88. The Kier molecular flexibility index (Phi) is 9.52. The van der Waals surface area contributed by atoms with Crippen LogP contribution < -0.4 is 14.9 Å². The number of ether oxygens (including phenoxy) is 1. The van der Waals surface area contributed by atoms with Gasteiger partial charge in [-0.1, -0.05) is 63.2 Å². The summed E-state index contributed by atoms with van der Waals surface area (Å²) in [5.41, 5.74) is 5.69. The number of benzene rings is 3. The fourth-order valence-electron chi connectivity index (χ4n) is 4.91. The largest absolute Gasteiger partial charge is 0.573 e. The van der Waals surface area contributed by atoms with Crippen LogP contribution in [0.4, 0.5) is 18.0 Å². The maximum absolute atomic E-state index is 12.8. The van der Waals surface area contributed by atoms with Gasteiger partial charge in [0.25, 0.3) is 0 Å². The van der Waals surface area contributed by atoms with E-state index < -0.39 is 6.36 Å². The van der Waals surface area contributed by atoms with E-state index in [9.17, 15) is 18.0 Å². The lowest BCUT2D eigenvalue weighted by molar-refractivity contribution is -0.274. The molecule has 234 valence electrons. The van der Waals surface area contributed by atoms with E-state index in [0.717, 1.165) is 28.9 Å². The fourth-order valence-corrected chi connectivity index (χ4v) is 5.78. The Morgan fingerprint density at radius 3 is 2.42 bits per heavy atom. The van der Waals surface area contributed by atoms with E-state index in [2.05, 4.69) is 58.0 Å². The molecule has 0 saturated heterocycles. The summed E-state index contributed by atoms with van der Waals surface area (Å²) < 4.78 is 44.7. The minimum absolute atomic E-state index is 0.175. The standard InChI is InChI=1S/C33H33F3N6O2S/c1-21(2)28-7-5-6-8-29(28)42-23(4)19-45-32(42)39-31(43)37-18-17-22(3)24-9-11-25(12-10-24)30-38-20-41(40-30)26-13-15-27(16-14-26)44-33(34,35)36/h5-16,19-22H,17-18H2,1-4H3,(H,37,43). The van der Waals surface area contributed by atoms with Crippen LogP contribution in [0.3, 0.4) is 0 Å². The van der Waals surface area contributed by atoms with Gasteiger partial charge in [0, 0.05) is 23.2 Å². The van der Waals surface area contributed by atoms with E-state index in [0.29, 0.717) is 28.8 Å². The van der Waals surface area contributed by atoms with Gasteiger partial charge in [-0.3, -0.25) is 4.57 Å². The quantitative estimate of drug-likeness (QED) is 0.179. The molecule has 3 aromatic carbocycles. The van der Waals surface area contributed by atoms with E-state index in [4.69, 9.17) is 0 Å². The highest BCUT2D eigenvalue weighted by molar-refractivity contribution is 7.07. The average Bonchev–Trinajstić information content (AvgIpc) is 3.64. The van der Waals surface area contributed by atoms with Crippen LogP contribution in [0.25, 0.3) is 22.8 Å². The summed E-state index contributed by atoms with van der Waals surface area (Å²) in [5.74, 6) is 0.680. The van der Waals surface area contributed by atoms with Crippen molar-refractivity contribution in [1.29, 1.82) is 0 Å². The number of rotatable bonds is 9. The lowest BCUT2D eigenvalue weighted by atomic mass is 9.96. The Hall–Kier alpha value is -4.71. The molecule has 0 spiro atoms. The normalized spacial score (nSPS) is 12.8. The molecule has 45 heavy (non-hydrogen) atoms. The predicted molar refractivity (Wildman–Crippen MR) is 168 cm³/mol. The highest BCUT2D eigenvalue weighted by Crippen LogP contribution is 2.26. The van der Waals surface area contributed by atoms with Gasteiger partial charge >= 0.3 is 12.4 Å². The number of para-hydroxylation sites is 1. The SMILES string of the molecule is Cc1csc(=NC(=O)NCCC(C)c2ccc(-c3ncn(-c4ccc(OC(F)(F)F)cc4)n3)cc2)n1-c1ccccc1C(C)C. The molecule has 1 unspecified atom stereocenters. The Balaban J connectivity index is 1.18. The zero-order valence-electron chi connectivity index (χ0n) is 25.2. The highest BCUT2D eigenvalue weighted by Gasteiger charge is 2.31. The number of amides is 2. The van der Waals surface area contributed by atoms with Gasteiger partial charge in [-0.25, -0.2) is 14.5 Å². The van der Waals surface area contributed by atoms with Crippen LogP contribution in [-0.4, -0.2) is 38.3 Å². The highest BCUT2D eigenvalue weighted by atomic mass is 32.1. The van der Waals surface area contributed by atoms with Crippen molar-refractivity contribution in [2.75, 3.05) is 6.54 Å². The first-order chi connectivity index (χ1) is 21.5. The van der Waals surface area contributed by atoms with Crippen LogP contribution in [0.5, 0.6) is 5.75 Å². The number of carbonyl (C=O) groups is 1. The molecule has 5 rings (SSSR count). The number of hydrogen-bond acceptors (Lipinski definition) is 5. The number of thiazole rings is 1. The number of aromatic nitrogens is 4. The van der Waals surface area contributed by atoms with Crippen molar-refractivity contribution in [2.45, 2.75) is 52.3 Å². The van der Waals surface area contributed by atoms with Crippen molar-refractivity contribution < 1.29 is 22.7 Å². The molecule has 12 heteroatoms. The van der Waals surface area contributed by atoms with Crippen LogP contribution in [0.1, 0.15) is 55.8 Å². The Morgan fingerprint density at radius 1 is 1.02 bits per heavy atom. The first-order valence-electron chi connectivity index (χ1n) is 14.5. The molecular formula is C33H33F3N6O2S. The molecule has 0 bridgehead atoms. The zero-order chi connectivity index (χ0) is 32.1. The number of nitrogens with zero attached hydrogens (tertiary/aromatic N) is 5. The fraction of sp³-hybridized carbons (Fsp3) is 0.273. The molecule has 1 atom stereocenters. The predicted octanol–water partition coefficient (Wildman–Crippen LogP) is 7.92. The van der Waals surface area contributed by atoms with Crippen LogP contribution in [0.2, 0.25) is 0 Å². The molecule has 0 aliphatic rings. The third-order valence-corrected chi connectivity index (χ3v) is 8.24. The Morgan fingerprint density at radius 2 is 1.73 bits per heavy atom. The summed E-state index contributed by atoms with van der Waals surface area (Å²) in [7, 11) is 0. The van der Waals surface area contributed by atoms with Crippen molar-refractivity contribution >= 4 is 17.4 Å². The summed E-state index contributed by atoms with van der Waals surface area (Å²) in [6, 6.07) is 21.0. The minimum Gasteiger partial charge on any atom is -0.406 e. The van der Waals surface area contributed by atoms with Crippen molar-refractivity contribution in [3.8, 4) is 28.5 Å². The van der Waals surface area contributed by atoms with Gasteiger partial charge in [0.2, 0.25) is 0 Å². The third-order valence-electron chi connectivity index (χ3n) is 7.29. The Labute approximate surface area is 262 Å². The van der Waals surface area contributed by atoms with E-state index in [1.165, 1.54) is 52.2 Å². The summed E-state index contributed by atoms with van der Waals surface area (Å²) >= 11 is 1.44. The molecule has 0 radical (unpaired) electrons. The van der Waals surface area contributed by atoms with Gasteiger partial charge in [0.1, 0.15) is 12.1 Å². The molecule has 2 amide bonds. The molecule has 2 heterocycles. The molecule has 0 aliphatic carbocycles. The van der Waals surface area contributed by atoms with Crippen LogP contribution in [-0.2, 0) is 0 Å². The van der Waals surface area contributed by atoms with Crippen molar-refractivity contribution in [3.63, 3.8) is 0 Å². The van der Waals surface area contributed by atoms with Gasteiger partial charge < -0.3 is 10.1 Å². The first-order valence-corrected chi connectivity index (χ1v) is 15.3. The number of hydrogen-bond donors (Lipinski definition) is 1. The topological polar surface area (TPSA) is 86.3 Å². The number of alkyl halides is 3. The van der Waals surface area contributed by atoms with Crippen molar-refractivity contribution in [2.24, 2.45) is 4.99 Å². The van der Waals surface area contributed by atoms with Gasteiger partial charge in [-0.2, -0.15) is 4.99 Å². The second kappa shape index (κ2) is 13.5. The maximum atomic E-state index is 12.8. The van der Waals surface area contributed by atoms with Gasteiger partial charge in [0.15, 0.2) is 10.6 Å². The first kappa shape index (κ1) is 31.7. The zero-order valence-corrected chi connectivity index (χ0v) is 26.1.